The van der Waals surface area contributed by atoms with Crippen LogP contribution in [0, 0.1) is 0 Å². The number of aryl methyl sites for hydroxylation is 1. The number of nitrogens with one attached hydrogen (secondary N) is 1. The van der Waals surface area contributed by atoms with Gasteiger partial charge in [0.1, 0.15) is 5.75 Å². The maximum absolute atomic E-state index is 11.8. The molecule has 1 N–H and O–H groups in total. The molecule has 1 aromatic rings. The fourth-order valence-electron chi connectivity index (χ4n) is 2.44. The van der Waals surface area contributed by atoms with E-state index in [2.05, 4.69) is 28.6 Å². The van der Waals surface area contributed by atoms with E-state index in [0.29, 0.717) is 0 Å². The fraction of sp³-hybridized carbons (Fsp3) is 0.526. The number of methoxy groups -OCH3 is 1. The molecule has 24 heavy (non-hydrogen) atoms. The molecule has 0 aliphatic carbocycles. The van der Waals surface area contributed by atoms with Gasteiger partial charge < -0.3 is 19.9 Å². The molecule has 0 atom stereocenters. The Morgan fingerprint density at radius 1 is 1.29 bits per heavy atom. The Morgan fingerprint density at radius 3 is 2.54 bits per heavy atom. The number of nitrogens with zero attached hydrogens (tertiary/aromatic N) is 2. The predicted octanol–water partition coefficient (Wildman–Crippen LogP) is 3.16. The van der Waals surface area contributed by atoms with E-state index in [-0.39, 0.29) is 5.91 Å². The van der Waals surface area contributed by atoms with Gasteiger partial charge in [-0.2, -0.15) is 0 Å². The molecule has 0 heterocycles. The summed E-state index contributed by atoms with van der Waals surface area (Å²) in [5.41, 5.74) is 2.86. The minimum atomic E-state index is -0.205. The molecule has 0 saturated carbocycles. The quantitative estimate of drug-likeness (QED) is 0.668. The molecule has 0 bridgehead atoms. The van der Waals surface area contributed by atoms with E-state index in [9.17, 15) is 4.79 Å². The van der Waals surface area contributed by atoms with Crippen molar-refractivity contribution < 1.29 is 9.53 Å². The molecule has 1 amide bonds. The molecule has 0 fully saturated rings. The van der Waals surface area contributed by atoms with Crippen molar-refractivity contribution in [2.45, 2.75) is 26.2 Å². The first kappa shape index (κ1) is 20.0. The number of ether oxygens (including phenoxy) is 1. The van der Waals surface area contributed by atoms with Crippen molar-refractivity contribution in [2.24, 2.45) is 0 Å². The first-order valence-electron chi connectivity index (χ1n) is 8.43. The Hall–Kier alpha value is -2.01. The lowest BCUT2D eigenvalue weighted by atomic mass is 10.0. The molecular weight excluding hydrogens is 302 g/mol. The smallest absolute Gasteiger partial charge is 0.247 e. The van der Waals surface area contributed by atoms with E-state index in [1.54, 1.807) is 7.11 Å². The average Bonchev–Trinajstić information content (AvgIpc) is 2.57. The molecule has 5 heteroatoms. The summed E-state index contributed by atoms with van der Waals surface area (Å²) in [5.74, 6) is 0.663. The molecule has 0 saturated heterocycles. The van der Waals surface area contributed by atoms with Gasteiger partial charge >= 0.3 is 0 Å². The summed E-state index contributed by atoms with van der Waals surface area (Å²) in [6, 6.07) is 4.04. The predicted molar refractivity (Wildman–Crippen MR) is 102 cm³/mol. The molecule has 134 valence electrons. The highest BCUT2D eigenvalue weighted by atomic mass is 16.5. The topological polar surface area (TPSA) is 44.8 Å². The third kappa shape index (κ3) is 5.89. The number of unbranched alkanes of at least 4 members (excludes halogenated alkanes) is 1. The van der Waals surface area contributed by atoms with Crippen molar-refractivity contribution >= 4 is 17.3 Å². The number of likely N-dealkylation sites (N-methyl/N-ethyl adjacent to an activating group) is 2. The highest BCUT2D eigenvalue weighted by Crippen LogP contribution is 2.34. The molecule has 0 unspecified atom stereocenters. The van der Waals surface area contributed by atoms with Crippen molar-refractivity contribution in [3.05, 3.63) is 30.4 Å². The van der Waals surface area contributed by atoms with Crippen molar-refractivity contribution in [1.82, 2.24) is 4.90 Å². The van der Waals surface area contributed by atoms with Crippen molar-refractivity contribution in [2.75, 3.05) is 51.6 Å². The summed E-state index contributed by atoms with van der Waals surface area (Å²) >= 11 is 0. The van der Waals surface area contributed by atoms with Crippen LogP contribution in [0.1, 0.15) is 25.3 Å². The zero-order valence-electron chi connectivity index (χ0n) is 15.7. The summed E-state index contributed by atoms with van der Waals surface area (Å²) in [5, 5.41) is 2.93. The van der Waals surface area contributed by atoms with Gasteiger partial charge in [-0.05, 0) is 44.6 Å². The molecule has 1 aromatic carbocycles. The third-order valence-corrected chi connectivity index (χ3v) is 3.94. The number of carbonyl (C=O) groups is 1. The van der Waals surface area contributed by atoms with Crippen molar-refractivity contribution in [1.29, 1.82) is 0 Å². The molecule has 5 nitrogen and oxygen atoms in total. The minimum Gasteiger partial charge on any atom is -0.496 e. The van der Waals surface area contributed by atoms with Crippen LogP contribution in [0.15, 0.2) is 24.8 Å². The van der Waals surface area contributed by atoms with E-state index >= 15 is 0 Å². The van der Waals surface area contributed by atoms with Gasteiger partial charge in [0.15, 0.2) is 0 Å². The third-order valence-electron chi connectivity index (χ3n) is 3.94. The number of anilines is 2. The highest BCUT2D eigenvalue weighted by molar-refractivity contribution is 6.01. The van der Waals surface area contributed by atoms with Gasteiger partial charge in [-0.25, -0.2) is 0 Å². The molecule has 0 aliphatic rings. The summed E-state index contributed by atoms with van der Waals surface area (Å²) in [4.78, 5) is 16.1. The van der Waals surface area contributed by atoms with Gasteiger partial charge in [0.2, 0.25) is 5.91 Å². The van der Waals surface area contributed by atoms with Crippen LogP contribution < -0.4 is 15.0 Å². The largest absolute Gasteiger partial charge is 0.496 e. The van der Waals surface area contributed by atoms with Crippen LogP contribution in [-0.4, -0.2) is 52.1 Å². The van der Waals surface area contributed by atoms with Gasteiger partial charge in [0, 0.05) is 26.2 Å². The lowest BCUT2D eigenvalue weighted by Gasteiger charge is -2.26. The van der Waals surface area contributed by atoms with Crippen LogP contribution in [0.2, 0.25) is 0 Å². The van der Waals surface area contributed by atoms with Gasteiger partial charge in [0.25, 0.3) is 0 Å². The van der Waals surface area contributed by atoms with Gasteiger partial charge in [-0.15, -0.1) is 0 Å². The lowest BCUT2D eigenvalue weighted by Crippen LogP contribution is -2.29. The van der Waals surface area contributed by atoms with E-state index in [1.807, 2.05) is 33.3 Å². The SMILES string of the molecule is C=CC(=O)Nc1cc(CCCC)c(OC)cc1N(C)CCN(C)C. The Bertz CT molecular complexity index is 556. The first-order chi connectivity index (χ1) is 11.4. The second-order valence-electron chi connectivity index (χ2n) is 6.20. The molecule has 1 rings (SSSR count). The zero-order valence-corrected chi connectivity index (χ0v) is 15.7. The van der Waals surface area contributed by atoms with Crippen LogP contribution in [-0.2, 0) is 11.2 Å². The zero-order chi connectivity index (χ0) is 18.1. The summed E-state index contributed by atoms with van der Waals surface area (Å²) in [6.07, 6.45) is 4.42. The number of hydrogen-bond acceptors (Lipinski definition) is 4. The van der Waals surface area contributed by atoms with Crippen LogP contribution in [0.4, 0.5) is 11.4 Å². The number of carbonyl (C=O) groups excluding carboxylic acids is 1. The normalized spacial score (nSPS) is 10.6. The number of amides is 1. The second kappa shape index (κ2) is 9.98. The van der Waals surface area contributed by atoms with Crippen LogP contribution in [0.3, 0.4) is 0 Å². The maximum atomic E-state index is 11.8. The highest BCUT2D eigenvalue weighted by Gasteiger charge is 2.15. The summed E-state index contributed by atoms with van der Waals surface area (Å²) in [7, 11) is 7.80. The molecular formula is C19H31N3O2. The van der Waals surface area contributed by atoms with E-state index in [0.717, 1.165) is 55.0 Å². The summed E-state index contributed by atoms with van der Waals surface area (Å²) in [6.45, 7) is 7.47. The first-order valence-corrected chi connectivity index (χ1v) is 8.43. The standard InChI is InChI=1S/C19H31N3O2/c1-7-9-10-15-13-16(20-19(23)8-2)17(14-18(15)24-6)22(5)12-11-21(3)4/h8,13-14H,2,7,9-12H2,1,3-6H3,(H,20,23). The lowest BCUT2D eigenvalue weighted by molar-refractivity contribution is -0.111. The Morgan fingerprint density at radius 2 is 2.00 bits per heavy atom. The van der Waals surface area contributed by atoms with Gasteiger partial charge in [-0.3, -0.25) is 4.79 Å². The van der Waals surface area contributed by atoms with Gasteiger partial charge in [0.05, 0.1) is 18.5 Å². The Kier molecular flexibility index (Phi) is 8.33. The fourth-order valence-corrected chi connectivity index (χ4v) is 2.44. The van der Waals surface area contributed by atoms with E-state index in [1.165, 1.54) is 6.08 Å². The average molecular weight is 333 g/mol. The van der Waals surface area contributed by atoms with E-state index in [4.69, 9.17) is 4.74 Å². The van der Waals surface area contributed by atoms with E-state index < -0.39 is 0 Å². The number of benzene rings is 1. The minimum absolute atomic E-state index is 0.205. The number of rotatable bonds is 10. The second-order valence-corrected chi connectivity index (χ2v) is 6.20. The molecule has 0 spiro atoms. The summed E-state index contributed by atoms with van der Waals surface area (Å²) < 4.78 is 5.58. The van der Waals surface area contributed by atoms with Crippen LogP contribution in [0.5, 0.6) is 5.75 Å². The number of hydrogen-bond donors (Lipinski definition) is 1. The molecule has 0 radical (unpaired) electrons. The molecule has 0 aliphatic heterocycles. The van der Waals surface area contributed by atoms with Crippen LogP contribution >= 0.6 is 0 Å². The monoisotopic (exact) mass is 333 g/mol. The van der Waals surface area contributed by atoms with Crippen molar-refractivity contribution in [3.63, 3.8) is 0 Å². The Labute approximate surface area is 146 Å². The Balaban J connectivity index is 3.20. The van der Waals surface area contributed by atoms with Crippen LogP contribution in [0.25, 0.3) is 0 Å². The molecule has 0 aromatic heterocycles. The van der Waals surface area contributed by atoms with Gasteiger partial charge in [-0.1, -0.05) is 19.9 Å². The van der Waals surface area contributed by atoms with Crippen molar-refractivity contribution in [3.8, 4) is 5.75 Å². The maximum Gasteiger partial charge on any atom is 0.247 e.